The van der Waals surface area contributed by atoms with Crippen LogP contribution in [0.2, 0.25) is 0 Å². The number of carbonyl (C=O) groups excluding carboxylic acids is 1. The summed E-state index contributed by atoms with van der Waals surface area (Å²) in [6.45, 7) is 0.819. The summed E-state index contributed by atoms with van der Waals surface area (Å²) in [5.41, 5.74) is 0. The summed E-state index contributed by atoms with van der Waals surface area (Å²) >= 11 is 5.21. The maximum atomic E-state index is 11.6. The molecule has 0 spiro atoms. The van der Waals surface area contributed by atoms with Crippen molar-refractivity contribution in [3.8, 4) is 0 Å². The van der Waals surface area contributed by atoms with E-state index in [4.69, 9.17) is 0 Å². The molecule has 1 unspecified atom stereocenters. The number of amides is 1. The second-order valence-electron chi connectivity index (χ2n) is 3.01. The van der Waals surface area contributed by atoms with Gasteiger partial charge in [0.15, 0.2) is 0 Å². The van der Waals surface area contributed by atoms with Gasteiger partial charge in [0, 0.05) is 30.6 Å². The number of alkyl halides is 1. The van der Waals surface area contributed by atoms with Crippen LogP contribution < -0.4 is 0 Å². The zero-order valence-electron chi connectivity index (χ0n) is 7.25. The lowest BCUT2D eigenvalue weighted by atomic mass is 10.1. The minimum Gasteiger partial charge on any atom is -0.345 e. The highest BCUT2D eigenvalue weighted by molar-refractivity contribution is 9.09. The van der Waals surface area contributed by atoms with Crippen LogP contribution in [0.5, 0.6) is 0 Å². The van der Waals surface area contributed by atoms with Gasteiger partial charge in [-0.3, -0.25) is 4.79 Å². The maximum absolute atomic E-state index is 11.6. The Balaban J connectivity index is 2.34. The van der Waals surface area contributed by atoms with E-state index in [0.717, 1.165) is 29.8 Å². The molecule has 1 amide bonds. The van der Waals surface area contributed by atoms with Crippen LogP contribution >= 0.6 is 27.7 Å². The Morgan fingerprint density at radius 1 is 1.75 bits per heavy atom. The average Bonchev–Trinajstić information content (AvgIpc) is 2.55. The summed E-state index contributed by atoms with van der Waals surface area (Å²) in [6.07, 6.45) is 1.07. The summed E-state index contributed by atoms with van der Waals surface area (Å²) in [6, 6.07) is 0. The minimum atomic E-state index is 0.291. The van der Waals surface area contributed by atoms with E-state index in [0.29, 0.717) is 11.8 Å². The van der Waals surface area contributed by atoms with Crippen molar-refractivity contribution in [2.75, 3.05) is 30.4 Å². The summed E-state index contributed by atoms with van der Waals surface area (Å²) in [5.74, 6) is 2.78. The van der Waals surface area contributed by atoms with Crippen molar-refractivity contribution in [2.24, 2.45) is 5.92 Å². The van der Waals surface area contributed by atoms with Crippen molar-refractivity contribution in [1.29, 1.82) is 0 Å². The van der Waals surface area contributed by atoms with Gasteiger partial charge >= 0.3 is 0 Å². The van der Waals surface area contributed by atoms with Crippen LogP contribution in [0.4, 0.5) is 0 Å². The lowest BCUT2D eigenvalue weighted by molar-refractivity contribution is -0.133. The van der Waals surface area contributed by atoms with Gasteiger partial charge < -0.3 is 4.90 Å². The highest BCUT2D eigenvalue weighted by Crippen LogP contribution is 2.24. The molecule has 2 nitrogen and oxygen atoms in total. The predicted octanol–water partition coefficient (Wildman–Crippen LogP) is 1.59. The first kappa shape index (κ1) is 10.4. The number of hydrogen-bond donors (Lipinski definition) is 0. The van der Waals surface area contributed by atoms with E-state index in [2.05, 4.69) is 15.9 Å². The lowest BCUT2D eigenvalue weighted by Gasteiger charge is -2.19. The Morgan fingerprint density at radius 3 is 3.00 bits per heavy atom. The second kappa shape index (κ2) is 5.12. The van der Waals surface area contributed by atoms with E-state index >= 15 is 0 Å². The van der Waals surface area contributed by atoms with Crippen molar-refractivity contribution < 1.29 is 4.79 Å². The first-order valence-electron chi connectivity index (χ1n) is 4.14. The molecule has 0 aliphatic carbocycles. The predicted molar refractivity (Wildman–Crippen MR) is 56.9 cm³/mol. The molecular formula is C8H14BrNOS. The van der Waals surface area contributed by atoms with Crippen molar-refractivity contribution in [2.45, 2.75) is 6.42 Å². The molecule has 0 saturated carbocycles. The third-order valence-corrected chi connectivity index (χ3v) is 3.59. The Kier molecular flexibility index (Phi) is 4.43. The molecule has 1 heterocycles. The van der Waals surface area contributed by atoms with Crippen LogP contribution in [0.15, 0.2) is 0 Å². The van der Waals surface area contributed by atoms with Crippen LogP contribution in [-0.4, -0.2) is 41.2 Å². The van der Waals surface area contributed by atoms with E-state index in [1.165, 1.54) is 0 Å². The summed E-state index contributed by atoms with van der Waals surface area (Å²) in [4.78, 5) is 13.5. The SMILES string of the molecule is CN(CCBr)C(=O)C1CCSC1. The Labute approximate surface area is 86.2 Å². The van der Waals surface area contributed by atoms with Gasteiger partial charge in [-0.25, -0.2) is 0 Å². The third-order valence-electron chi connectivity index (χ3n) is 2.08. The third kappa shape index (κ3) is 2.66. The summed E-state index contributed by atoms with van der Waals surface area (Å²) < 4.78 is 0. The van der Waals surface area contributed by atoms with Crippen LogP contribution in [0.3, 0.4) is 0 Å². The van der Waals surface area contributed by atoms with Crippen LogP contribution in [0, 0.1) is 5.92 Å². The van der Waals surface area contributed by atoms with Crippen LogP contribution in [-0.2, 0) is 4.79 Å². The van der Waals surface area contributed by atoms with E-state index in [-0.39, 0.29) is 0 Å². The van der Waals surface area contributed by atoms with Gasteiger partial charge in [-0.1, -0.05) is 15.9 Å². The van der Waals surface area contributed by atoms with Crippen LogP contribution in [0.1, 0.15) is 6.42 Å². The zero-order valence-corrected chi connectivity index (χ0v) is 9.66. The number of hydrogen-bond acceptors (Lipinski definition) is 2. The lowest BCUT2D eigenvalue weighted by Crippen LogP contribution is -2.34. The number of nitrogens with zero attached hydrogens (tertiary/aromatic N) is 1. The molecule has 0 aromatic heterocycles. The van der Waals surface area contributed by atoms with E-state index in [9.17, 15) is 4.79 Å². The Morgan fingerprint density at radius 2 is 2.50 bits per heavy atom. The first-order chi connectivity index (χ1) is 5.75. The number of rotatable bonds is 3. The van der Waals surface area contributed by atoms with Crippen LogP contribution in [0.25, 0.3) is 0 Å². The summed E-state index contributed by atoms with van der Waals surface area (Å²) in [7, 11) is 1.88. The topological polar surface area (TPSA) is 20.3 Å². The monoisotopic (exact) mass is 251 g/mol. The van der Waals surface area contributed by atoms with E-state index in [1.54, 1.807) is 0 Å². The van der Waals surface area contributed by atoms with Crippen molar-refractivity contribution in [1.82, 2.24) is 4.90 Å². The van der Waals surface area contributed by atoms with Gasteiger partial charge in [-0.15, -0.1) is 0 Å². The Bertz CT molecular complexity index is 159. The average molecular weight is 252 g/mol. The molecule has 1 fully saturated rings. The highest BCUT2D eigenvalue weighted by atomic mass is 79.9. The molecule has 70 valence electrons. The van der Waals surface area contributed by atoms with Crippen molar-refractivity contribution >= 4 is 33.6 Å². The zero-order chi connectivity index (χ0) is 8.97. The second-order valence-corrected chi connectivity index (χ2v) is 4.95. The maximum Gasteiger partial charge on any atom is 0.226 e. The molecule has 0 aromatic carbocycles. The van der Waals surface area contributed by atoms with E-state index in [1.807, 2.05) is 23.7 Å². The molecule has 0 aromatic rings. The molecule has 1 aliphatic heterocycles. The van der Waals surface area contributed by atoms with Crippen molar-refractivity contribution in [3.63, 3.8) is 0 Å². The number of carbonyl (C=O) groups is 1. The fraction of sp³-hybridized carbons (Fsp3) is 0.875. The van der Waals surface area contributed by atoms with E-state index < -0.39 is 0 Å². The number of thioether (sulfide) groups is 1. The molecule has 1 saturated heterocycles. The minimum absolute atomic E-state index is 0.291. The quantitative estimate of drug-likeness (QED) is 0.711. The standard InChI is InChI=1S/C8H14BrNOS/c1-10(4-3-9)8(11)7-2-5-12-6-7/h7H,2-6H2,1H3. The first-order valence-corrected chi connectivity index (χ1v) is 6.42. The molecule has 0 radical (unpaired) electrons. The van der Waals surface area contributed by atoms with Gasteiger partial charge in [0.25, 0.3) is 0 Å². The summed E-state index contributed by atoms with van der Waals surface area (Å²) in [5, 5.41) is 0.870. The van der Waals surface area contributed by atoms with Gasteiger partial charge in [-0.2, -0.15) is 11.8 Å². The fourth-order valence-electron chi connectivity index (χ4n) is 1.28. The van der Waals surface area contributed by atoms with Gasteiger partial charge in [0.1, 0.15) is 0 Å². The molecule has 0 N–H and O–H groups in total. The molecule has 12 heavy (non-hydrogen) atoms. The smallest absolute Gasteiger partial charge is 0.226 e. The molecular weight excluding hydrogens is 238 g/mol. The molecule has 1 aliphatic rings. The highest BCUT2D eigenvalue weighted by Gasteiger charge is 2.25. The molecule has 0 bridgehead atoms. The van der Waals surface area contributed by atoms with Gasteiger partial charge in [-0.05, 0) is 12.2 Å². The Hall–Kier alpha value is 0.300. The molecule has 1 rings (SSSR count). The molecule has 1 atom stereocenters. The number of halogens is 1. The normalized spacial score (nSPS) is 22.7. The largest absolute Gasteiger partial charge is 0.345 e. The van der Waals surface area contributed by atoms with Crippen molar-refractivity contribution in [3.05, 3.63) is 0 Å². The van der Waals surface area contributed by atoms with Gasteiger partial charge in [0.2, 0.25) is 5.91 Å². The molecule has 4 heteroatoms. The fourth-order valence-corrected chi connectivity index (χ4v) is 3.02. The van der Waals surface area contributed by atoms with Gasteiger partial charge in [0.05, 0.1) is 0 Å².